The molecule has 2 aromatic carbocycles. The minimum Gasteiger partial charge on any atom is -0.354 e. The highest BCUT2D eigenvalue weighted by Crippen LogP contribution is 2.25. The normalized spacial score (nSPS) is 11.8. The molecule has 0 unspecified atom stereocenters. The summed E-state index contributed by atoms with van der Waals surface area (Å²) in [6.45, 7) is 4.81. The number of amides is 2. The van der Waals surface area contributed by atoms with E-state index in [-0.39, 0.29) is 29.9 Å². The Morgan fingerprint density at radius 1 is 1.12 bits per heavy atom. The first-order chi connectivity index (χ1) is 15.4. The molecule has 174 valence electrons. The Balaban J connectivity index is 2.13. The fourth-order valence-electron chi connectivity index (χ4n) is 3.21. The van der Waals surface area contributed by atoms with Crippen molar-refractivity contribution >= 4 is 46.8 Å². The summed E-state index contributed by atoms with van der Waals surface area (Å²) < 4.78 is 14.0. The predicted octanol–water partition coefficient (Wildman–Crippen LogP) is 6.09. The van der Waals surface area contributed by atoms with Crippen LogP contribution >= 0.6 is 35.0 Å². The summed E-state index contributed by atoms with van der Waals surface area (Å²) in [6, 6.07) is 11.1. The van der Waals surface area contributed by atoms with Gasteiger partial charge in [-0.15, -0.1) is 11.8 Å². The molecule has 0 aromatic heterocycles. The van der Waals surface area contributed by atoms with Gasteiger partial charge in [-0.3, -0.25) is 9.59 Å². The maximum Gasteiger partial charge on any atom is 0.242 e. The number of halogens is 3. The molecule has 0 bridgehead atoms. The largest absolute Gasteiger partial charge is 0.354 e. The third kappa shape index (κ3) is 7.98. The monoisotopic (exact) mass is 498 g/mol. The van der Waals surface area contributed by atoms with E-state index in [1.807, 2.05) is 19.1 Å². The highest BCUT2D eigenvalue weighted by atomic mass is 35.5. The number of carbonyl (C=O) groups excluding carboxylic acids is 2. The van der Waals surface area contributed by atoms with Gasteiger partial charge in [0.2, 0.25) is 11.8 Å². The van der Waals surface area contributed by atoms with Gasteiger partial charge in [-0.2, -0.15) is 0 Å². The minimum absolute atomic E-state index is 0.108. The van der Waals surface area contributed by atoms with E-state index in [2.05, 4.69) is 12.2 Å². The summed E-state index contributed by atoms with van der Waals surface area (Å²) >= 11 is 13.4. The van der Waals surface area contributed by atoms with Crippen molar-refractivity contribution in [2.75, 3.05) is 12.3 Å². The van der Waals surface area contributed by atoms with Crippen molar-refractivity contribution in [1.82, 2.24) is 10.2 Å². The van der Waals surface area contributed by atoms with E-state index in [0.717, 1.165) is 18.4 Å². The van der Waals surface area contributed by atoms with Crippen LogP contribution in [0.1, 0.15) is 44.2 Å². The van der Waals surface area contributed by atoms with Crippen LogP contribution in [0.3, 0.4) is 0 Å². The molecule has 0 aliphatic heterocycles. The summed E-state index contributed by atoms with van der Waals surface area (Å²) in [5, 5.41) is 3.88. The molecule has 8 heteroatoms. The second-order valence-corrected chi connectivity index (χ2v) is 9.24. The Hall–Kier alpha value is -1.76. The lowest BCUT2D eigenvalue weighted by Gasteiger charge is -2.30. The zero-order valence-electron chi connectivity index (χ0n) is 18.4. The summed E-state index contributed by atoms with van der Waals surface area (Å²) in [6.07, 6.45) is 2.34. The molecule has 2 amide bonds. The van der Waals surface area contributed by atoms with Crippen LogP contribution < -0.4 is 5.32 Å². The third-order valence-electron chi connectivity index (χ3n) is 5.02. The van der Waals surface area contributed by atoms with Crippen LogP contribution in [0.2, 0.25) is 10.0 Å². The molecule has 0 heterocycles. The lowest BCUT2D eigenvalue weighted by molar-refractivity contribution is -0.139. The molecule has 0 saturated heterocycles. The second kappa shape index (κ2) is 13.7. The van der Waals surface area contributed by atoms with Crippen LogP contribution in [0.5, 0.6) is 0 Å². The van der Waals surface area contributed by atoms with E-state index >= 15 is 0 Å². The molecule has 0 radical (unpaired) electrons. The molecule has 1 atom stereocenters. The first-order valence-corrected chi connectivity index (χ1v) is 12.6. The molecule has 2 rings (SSSR count). The average molecular weight is 499 g/mol. The summed E-state index contributed by atoms with van der Waals surface area (Å²) in [4.78, 5) is 27.6. The van der Waals surface area contributed by atoms with Crippen molar-refractivity contribution in [3.63, 3.8) is 0 Å². The lowest BCUT2D eigenvalue weighted by Crippen LogP contribution is -2.49. The second-order valence-electron chi connectivity index (χ2n) is 7.41. The fraction of sp³-hybridized carbons (Fsp3) is 0.417. The van der Waals surface area contributed by atoms with Crippen LogP contribution in [-0.2, 0) is 21.9 Å². The van der Waals surface area contributed by atoms with Crippen LogP contribution in [0.15, 0.2) is 42.5 Å². The van der Waals surface area contributed by atoms with E-state index < -0.39 is 11.9 Å². The molecule has 0 fully saturated rings. The van der Waals surface area contributed by atoms with E-state index in [4.69, 9.17) is 23.2 Å². The Morgan fingerprint density at radius 3 is 2.47 bits per heavy atom. The number of unbranched alkanes of at least 4 members (excludes halogenated alkanes) is 1. The molecule has 1 N–H and O–H groups in total. The van der Waals surface area contributed by atoms with E-state index in [0.29, 0.717) is 28.6 Å². The van der Waals surface area contributed by atoms with E-state index in [9.17, 15) is 14.0 Å². The number of thioether (sulfide) groups is 1. The first-order valence-electron chi connectivity index (χ1n) is 10.7. The minimum atomic E-state index is -0.590. The SMILES string of the molecule is CCCCNC(=O)[C@@H](CC)N(Cc1ccc(Cl)cc1)C(=O)CSCc1c(F)cccc1Cl. The van der Waals surface area contributed by atoms with Gasteiger partial charge in [-0.05, 0) is 42.7 Å². The van der Waals surface area contributed by atoms with Gasteiger partial charge in [0.05, 0.1) is 5.75 Å². The Kier molecular flexibility index (Phi) is 11.4. The summed E-state index contributed by atoms with van der Waals surface area (Å²) in [5.74, 6) is -0.361. The van der Waals surface area contributed by atoms with Crippen LogP contribution in [-0.4, -0.2) is 35.1 Å². The number of nitrogens with zero attached hydrogens (tertiary/aromatic N) is 1. The number of hydrogen-bond acceptors (Lipinski definition) is 3. The number of hydrogen-bond donors (Lipinski definition) is 1. The van der Waals surface area contributed by atoms with E-state index in [1.165, 1.54) is 17.8 Å². The van der Waals surface area contributed by atoms with Crippen LogP contribution in [0.25, 0.3) is 0 Å². The fourth-order valence-corrected chi connectivity index (χ4v) is 4.58. The molecule has 32 heavy (non-hydrogen) atoms. The van der Waals surface area contributed by atoms with Crippen molar-refractivity contribution in [2.45, 2.75) is 51.4 Å². The van der Waals surface area contributed by atoms with Crippen molar-refractivity contribution in [2.24, 2.45) is 0 Å². The Labute approximate surface area is 203 Å². The zero-order valence-corrected chi connectivity index (χ0v) is 20.7. The number of rotatable bonds is 12. The summed E-state index contributed by atoms with van der Waals surface area (Å²) in [5.41, 5.74) is 1.25. The molecular formula is C24H29Cl2FN2O2S. The van der Waals surface area contributed by atoms with Crippen molar-refractivity contribution in [1.29, 1.82) is 0 Å². The Bertz CT molecular complexity index is 876. The molecule has 0 aliphatic carbocycles. The first kappa shape index (κ1) is 26.5. The lowest BCUT2D eigenvalue weighted by atomic mass is 10.1. The van der Waals surface area contributed by atoms with Gasteiger partial charge in [0.15, 0.2) is 0 Å². The smallest absolute Gasteiger partial charge is 0.242 e. The number of benzene rings is 2. The highest BCUT2D eigenvalue weighted by Gasteiger charge is 2.28. The third-order valence-corrected chi connectivity index (χ3v) is 6.57. The van der Waals surface area contributed by atoms with Gasteiger partial charge < -0.3 is 10.2 Å². The average Bonchev–Trinajstić information content (AvgIpc) is 2.77. The molecular weight excluding hydrogens is 470 g/mol. The Morgan fingerprint density at radius 2 is 1.84 bits per heavy atom. The maximum absolute atomic E-state index is 14.0. The number of nitrogens with one attached hydrogen (secondary N) is 1. The zero-order chi connectivity index (χ0) is 23.5. The van der Waals surface area contributed by atoms with Crippen LogP contribution in [0.4, 0.5) is 4.39 Å². The van der Waals surface area contributed by atoms with Crippen molar-refractivity contribution in [3.8, 4) is 0 Å². The van der Waals surface area contributed by atoms with Gasteiger partial charge >= 0.3 is 0 Å². The molecule has 2 aromatic rings. The topological polar surface area (TPSA) is 49.4 Å². The van der Waals surface area contributed by atoms with Crippen molar-refractivity contribution in [3.05, 3.63) is 69.5 Å². The van der Waals surface area contributed by atoms with Gasteiger partial charge in [-0.25, -0.2) is 4.39 Å². The maximum atomic E-state index is 14.0. The van der Waals surface area contributed by atoms with Gasteiger partial charge in [0, 0.05) is 34.5 Å². The van der Waals surface area contributed by atoms with Gasteiger partial charge in [-0.1, -0.05) is 61.7 Å². The summed E-state index contributed by atoms with van der Waals surface area (Å²) in [7, 11) is 0. The molecule has 4 nitrogen and oxygen atoms in total. The molecule has 0 spiro atoms. The predicted molar refractivity (Wildman–Crippen MR) is 132 cm³/mol. The standard InChI is InChI=1S/C24H29Cl2FN2O2S/c1-3-5-13-28-24(31)22(4-2)29(14-17-9-11-18(25)12-10-17)23(30)16-32-15-19-20(26)7-6-8-21(19)27/h6-12,22H,3-5,13-16H2,1-2H3,(H,28,31)/t22-/m1/s1. The molecule has 0 aliphatic rings. The quantitative estimate of drug-likeness (QED) is 0.360. The van der Waals surface area contributed by atoms with Gasteiger partial charge in [0.1, 0.15) is 11.9 Å². The van der Waals surface area contributed by atoms with E-state index in [1.54, 1.807) is 29.2 Å². The van der Waals surface area contributed by atoms with Crippen molar-refractivity contribution < 1.29 is 14.0 Å². The highest BCUT2D eigenvalue weighted by molar-refractivity contribution is 7.99. The van der Waals surface area contributed by atoms with Crippen LogP contribution in [0, 0.1) is 5.82 Å². The number of carbonyl (C=O) groups is 2. The molecule has 0 saturated carbocycles. The van der Waals surface area contributed by atoms with Gasteiger partial charge in [0.25, 0.3) is 0 Å².